The molecule has 0 spiro atoms. The summed E-state index contributed by atoms with van der Waals surface area (Å²) in [6.07, 6.45) is -7.39. The summed E-state index contributed by atoms with van der Waals surface area (Å²) in [6, 6.07) is 3.65. The lowest BCUT2D eigenvalue weighted by atomic mass is 10.3. The number of urea groups is 1. The van der Waals surface area contributed by atoms with E-state index < -0.39 is 24.9 Å². The SMILES string of the molecule is CCOc1ccc(NC(=O)N(C)C[C@@H](O)C(F)(F)F)cc1Cl. The van der Waals surface area contributed by atoms with E-state index in [-0.39, 0.29) is 5.02 Å². The molecular weight excluding hydrogens is 325 g/mol. The van der Waals surface area contributed by atoms with Crippen LogP contribution in [0, 0.1) is 0 Å². The fourth-order valence-corrected chi connectivity index (χ4v) is 1.75. The van der Waals surface area contributed by atoms with Crippen LogP contribution in [0.15, 0.2) is 18.2 Å². The number of rotatable bonds is 5. The summed E-state index contributed by atoms with van der Waals surface area (Å²) in [5.74, 6) is 0.433. The highest BCUT2D eigenvalue weighted by Gasteiger charge is 2.39. The number of amides is 2. The van der Waals surface area contributed by atoms with Crippen LogP contribution in [0.25, 0.3) is 0 Å². The minimum absolute atomic E-state index is 0.262. The molecule has 0 saturated carbocycles. The first kappa shape index (κ1) is 18.4. The smallest absolute Gasteiger partial charge is 0.416 e. The van der Waals surface area contributed by atoms with Gasteiger partial charge in [0, 0.05) is 12.7 Å². The van der Waals surface area contributed by atoms with Crippen molar-refractivity contribution in [2.45, 2.75) is 19.2 Å². The second-order valence-electron chi connectivity index (χ2n) is 4.45. The number of nitrogens with one attached hydrogen (secondary N) is 1. The van der Waals surface area contributed by atoms with Crippen LogP contribution in [0.4, 0.5) is 23.7 Å². The van der Waals surface area contributed by atoms with E-state index in [0.29, 0.717) is 18.0 Å². The summed E-state index contributed by atoms with van der Waals surface area (Å²) in [7, 11) is 1.14. The number of hydrogen-bond acceptors (Lipinski definition) is 3. The molecule has 0 unspecified atom stereocenters. The number of anilines is 1. The largest absolute Gasteiger partial charge is 0.492 e. The van der Waals surface area contributed by atoms with Crippen molar-refractivity contribution < 1.29 is 27.8 Å². The molecule has 0 aliphatic heterocycles. The Kier molecular flexibility index (Phi) is 6.31. The number of likely N-dealkylation sites (N-methyl/N-ethyl adjacent to an activating group) is 1. The fraction of sp³-hybridized carbons (Fsp3) is 0.462. The fourth-order valence-electron chi connectivity index (χ4n) is 1.52. The van der Waals surface area contributed by atoms with Crippen molar-refractivity contribution in [2.75, 3.05) is 25.5 Å². The summed E-state index contributed by atoms with van der Waals surface area (Å²) < 4.78 is 41.9. The average molecular weight is 341 g/mol. The molecule has 0 aliphatic rings. The number of nitrogens with zero attached hydrogens (tertiary/aromatic N) is 1. The maximum absolute atomic E-state index is 12.2. The molecule has 1 rings (SSSR count). The van der Waals surface area contributed by atoms with Crippen molar-refractivity contribution in [3.8, 4) is 5.75 Å². The molecule has 1 aromatic carbocycles. The highest BCUT2D eigenvalue weighted by atomic mass is 35.5. The van der Waals surface area contributed by atoms with Gasteiger partial charge in [0.2, 0.25) is 0 Å². The van der Waals surface area contributed by atoms with E-state index >= 15 is 0 Å². The molecule has 0 saturated heterocycles. The average Bonchev–Trinajstić information content (AvgIpc) is 2.40. The molecule has 9 heteroatoms. The Morgan fingerprint density at radius 1 is 1.50 bits per heavy atom. The summed E-state index contributed by atoms with van der Waals surface area (Å²) in [5.41, 5.74) is 0.298. The second-order valence-corrected chi connectivity index (χ2v) is 4.85. The van der Waals surface area contributed by atoms with E-state index in [1.165, 1.54) is 18.2 Å². The number of ether oxygens (including phenoxy) is 1. The molecule has 1 atom stereocenters. The highest BCUT2D eigenvalue weighted by molar-refractivity contribution is 6.32. The minimum Gasteiger partial charge on any atom is -0.492 e. The molecule has 22 heavy (non-hydrogen) atoms. The molecule has 0 bridgehead atoms. The third-order valence-electron chi connectivity index (χ3n) is 2.65. The molecule has 0 heterocycles. The Bertz CT molecular complexity index is 526. The Morgan fingerprint density at radius 2 is 2.14 bits per heavy atom. The Morgan fingerprint density at radius 3 is 2.64 bits per heavy atom. The number of benzene rings is 1. The van der Waals surface area contributed by atoms with Crippen LogP contribution in [0.2, 0.25) is 5.02 Å². The number of carbonyl (C=O) groups is 1. The van der Waals surface area contributed by atoms with Gasteiger partial charge in [-0.1, -0.05) is 11.6 Å². The zero-order valence-corrected chi connectivity index (χ0v) is 12.7. The summed E-state index contributed by atoms with van der Waals surface area (Å²) >= 11 is 5.94. The summed E-state index contributed by atoms with van der Waals surface area (Å²) in [5, 5.41) is 11.6. The monoisotopic (exact) mass is 340 g/mol. The van der Waals surface area contributed by atoms with E-state index in [2.05, 4.69) is 5.32 Å². The van der Waals surface area contributed by atoms with E-state index in [0.717, 1.165) is 11.9 Å². The van der Waals surface area contributed by atoms with Crippen molar-refractivity contribution in [1.29, 1.82) is 0 Å². The molecule has 5 nitrogen and oxygen atoms in total. The van der Waals surface area contributed by atoms with Gasteiger partial charge in [-0.2, -0.15) is 13.2 Å². The first-order valence-corrected chi connectivity index (χ1v) is 6.72. The van der Waals surface area contributed by atoms with Gasteiger partial charge in [0.05, 0.1) is 18.2 Å². The summed E-state index contributed by atoms with van der Waals surface area (Å²) in [6.45, 7) is 1.33. The van der Waals surface area contributed by atoms with Gasteiger partial charge in [-0.15, -0.1) is 0 Å². The van der Waals surface area contributed by atoms with Crippen LogP contribution < -0.4 is 10.1 Å². The standard InChI is InChI=1S/C13H16ClF3N2O3/c1-3-22-10-5-4-8(6-9(10)14)18-12(21)19(2)7-11(20)13(15,16)17/h4-6,11,20H,3,7H2,1-2H3,(H,18,21)/t11-/m1/s1. The molecule has 0 aliphatic carbocycles. The van der Waals surface area contributed by atoms with Gasteiger partial charge in [-0.05, 0) is 25.1 Å². The zero-order chi connectivity index (χ0) is 16.9. The predicted octanol–water partition coefficient (Wildman–Crippen LogP) is 3.13. The minimum atomic E-state index is -4.78. The topological polar surface area (TPSA) is 61.8 Å². The lowest BCUT2D eigenvalue weighted by Crippen LogP contribution is -2.43. The lowest BCUT2D eigenvalue weighted by Gasteiger charge is -2.22. The van der Waals surface area contributed by atoms with Crippen molar-refractivity contribution in [1.82, 2.24) is 4.90 Å². The van der Waals surface area contributed by atoms with E-state index in [9.17, 15) is 18.0 Å². The molecule has 124 valence electrons. The Labute approximate surface area is 130 Å². The number of hydrogen-bond donors (Lipinski definition) is 2. The van der Waals surface area contributed by atoms with E-state index in [1.54, 1.807) is 6.92 Å². The number of carbonyl (C=O) groups excluding carboxylic acids is 1. The van der Waals surface area contributed by atoms with Gasteiger partial charge in [-0.25, -0.2) is 4.79 Å². The van der Waals surface area contributed by atoms with Crippen LogP contribution in [0.3, 0.4) is 0 Å². The third kappa shape index (κ3) is 5.27. The number of aliphatic hydroxyl groups excluding tert-OH is 1. The predicted molar refractivity (Wildman–Crippen MR) is 76.3 cm³/mol. The van der Waals surface area contributed by atoms with Crippen molar-refractivity contribution in [3.05, 3.63) is 23.2 Å². The van der Waals surface area contributed by atoms with Gasteiger partial charge >= 0.3 is 12.2 Å². The van der Waals surface area contributed by atoms with Crippen molar-refractivity contribution in [3.63, 3.8) is 0 Å². The van der Waals surface area contributed by atoms with Crippen LogP contribution >= 0.6 is 11.6 Å². The Hall–Kier alpha value is -1.67. The highest BCUT2D eigenvalue weighted by Crippen LogP contribution is 2.28. The number of halogens is 4. The normalized spacial score (nSPS) is 12.7. The third-order valence-corrected chi connectivity index (χ3v) is 2.95. The molecule has 0 radical (unpaired) electrons. The molecule has 0 fully saturated rings. The van der Waals surface area contributed by atoms with Crippen LogP contribution in [-0.4, -0.2) is 48.5 Å². The number of alkyl halides is 3. The molecular formula is C13H16ClF3N2O3. The van der Waals surface area contributed by atoms with Crippen molar-refractivity contribution >= 4 is 23.3 Å². The van der Waals surface area contributed by atoms with Crippen LogP contribution in [0.1, 0.15) is 6.92 Å². The maximum Gasteiger partial charge on any atom is 0.416 e. The van der Waals surface area contributed by atoms with Gasteiger partial charge in [0.25, 0.3) is 0 Å². The van der Waals surface area contributed by atoms with Gasteiger partial charge in [0.15, 0.2) is 6.10 Å². The molecule has 1 aromatic rings. The maximum atomic E-state index is 12.2. The second kappa shape index (κ2) is 7.55. The van der Waals surface area contributed by atoms with Crippen LogP contribution in [-0.2, 0) is 0 Å². The summed E-state index contributed by atoms with van der Waals surface area (Å²) in [4.78, 5) is 12.5. The van der Waals surface area contributed by atoms with Gasteiger partial charge in [0.1, 0.15) is 5.75 Å². The first-order chi connectivity index (χ1) is 10.1. The molecule has 2 amide bonds. The number of aliphatic hydroxyl groups is 1. The van der Waals surface area contributed by atoms with E-state index in [4.69, 9.17) is 21.4 Å². The van der Waals surface area contributed by atoms with Crippen LogP contribution in [0.5, 0.6) is 5.75 Å². The Balaban J connectivity index is 2.66. The molecule has 2 N–H and O–H groups in total. The quantitative estimate of drug-likeness (QED) is 0.865. The zero-order valence-electron chi connectivity index (χ0n) is 11.9. The van der Waals surface area contributed by atoms with Gasteiger partial charge in [-0.3, -0.25) is 0 Å². The van der Waals surface area contributed by atoms with E-state index in [1.807, 2.05) is 0 Å². The first-order valence-electron chi connectivity index (χ1n) is 6.34. The van der Waals surface area contributed by atoms with Crippen molar-refractivity contribution in [2.24, 2.45) is 0 Å². The molecule has 0 aromatic heterocycles. The lowest BCUT2D eigenvalue weighted by molar-refractivity contribution is -0.205. The van der Waals surface area contributed by atoms with Gasteiger partial charge < -0.3 is 20.1 Å².